The number of nitrogens with one attached hydrogen (secondary N) is 1. The van der Waals surface area contributed by atoms with Crippen molar-refractivity contribution in [3.63, 3.8) is 0 Å². The van der Waals surface area contributed by atoms with Crippen LogP contribution in [0.15, 0.2) is 24.3 Å². The van der Waals surface area contributed by atoms with E-state index in [0.29, 0.717) is 6.42 Å². The van der Waals surface area contributed by atoms with E-state index in [1.807, 2.05) is 24.3 Å². The molecule has 4 N–H and O–H groups in total. The number of hydrazine groups is 1. The number of fused-ring (bicyclic) bond motifs is 1. The highest BCUT2D eigenvalue weighted by molar-refractivity contribution is 5.36. The third kappa shape index (κ3) is 1.03. The highest BCUT2D eigenvalue weighted by Crippen LogP contribution is 2.37. The summed E-state index contributed by atoms with van der Waals surface area (Å²) < 4.78 is 0. The average Bonchev–Trinajstić information content (AvgIpc) is 2.44. The van der Waals surface area contributed by atoms with Crippen LogP contribution in [0.1, 0.15) is 29.7 Å². The molecule has 0 aliphatic heterocycles. The van der Waals surface area contributed by atoms with Crippen LogP contribution < -0.4 is 11.3 Å². The van der Waals surface area contributed by atoms with Crippen molar-refractivity contribution >= 4 is 0 Å². The van der Waals surface area contributed by atoms with Crippen molar-refractivity contribution in [3.8, 4) is 0 Å². The van der Waals surface area contributed by atoms with Crippen molar-refractivity contribution in [1.82, 2.24) is 5.43 Å². The lowest BCUT2D eigenvalue weighted by Crippen LogP contribution is -2.26. The Morgan fingerprint density at radius 2 is 2.00 bits per heavy atom. The van der Waals surface area contributed by atoms with Gasteiger partial charge in [0.2, 0.25) is 0 Å². The molecule has 0 radical (unpaired) electrons. The number of benzene rings is 1. The van der Waals surface area contributed by atoms with Crippen LogP contribution in [-0.2, 0) is 0 Å². The average molecular weight is 164 g/mol. The molecular formula is C9H12N2O. The molecule has 2 atom stereocenters. The van der Waals surface area contributed by atoms with Gasteiger partial charge >= 0.3 is 0 Å². The van der Waals surface area contributed by atoms with Crippen LogP contribution in [0.4, 0.5) is 0 Å². The van der Waals surface area contributed by atoms with E-state index in [0.717, 1.165) is 11.1 Å². The Kier molecular flexibility index (Phi) is 1.84. The molecular weight excluding hydrogens is 152 g/mol. The molecule has 0 saturated carbocycles. The van der Waals surface area contributed by atoms with Crippen LogP contribution in [0.3, 0.4) is 0 Å². The zero-order valence-corrected chi connectivity index (χ0v) is 6.70. The monoisotopic (exact) mass is 164 g/mol. The molecule has 2 unspecified atom stereocenters. The first kappa shape index (κ1) is 7.73. The predicted molar refractivity (Wildman–Crippen MR) is 46.1 cm³/mol. The minimum Gasteiger partial charge on any atom is -0.388 e. The van der Waals surface area contributed by atoms with Crippen LogP contribution in [0.2, 0.25) is 0 Å². The molecule has 0 heterocycles. The van der Waals surface area contributed by atoms with Crippen molar-refractivity contribution in [2.45, 2.75) is 18.6 Å². The van der Waals surface area contributed by atoms with E-state index in [-0.39, 0.29) is 12.1 Å². The fourth-order valence-corrected chi connectivity index (χ4v) is 1.77. The molecule has 0 amide bonds. The molecule has 1 aromatic rings. The Morgan fingerprint density at radius 3 is 2.67 bits per heavy atom. The topological polar surface area (TPSA) is 58.3 Å². The summed E-state index contributed by atoms with van der Waals surface area (Å²) in [6.45, 7) is 0. The summed E-state index contributed by atoms with van der Waals surface area (Å²) in [5, 5.41) is 9.59. The molecule has 0 aromatic heterocycles. The third-order valence-corrected chi connectivity index (χ3v) is 2.39. The minimum absolute atomic E-state index is 0.108. The summed E-state index contributed by atoms with van der Waals surface area (Å²) in [6.07, 6.45) is 0.317. The second-order valence-corrected chi connectivity index (χ2v) is 3.10. The van der Waals surface area contributed by atoms with Crippen LogP contribution in [0.25, 0.3) is 0 Å². The Labute approximate surface area is 71.2 Å². The summed E-state index contributed by atoms with van der Waals surface area (Å²) >= 11 is 0. The smallest absolute Gasteiger partial charge is 0.0812 e. The normalized spacial score (nSPS) is 27.2. The number of aliphatic hydroxyl groups is 1. The molecule has 3 nitrogen and oxygen atoms in total. The van der Waals surface area contributed by atoms with Gasteiger partial charge < -0.3 is 5.11 Å². The van der Waals surface area contributed by atoms with E-state index in [4.69, 9.17) is 5.84 Å². The number of aliphatic hydroxyl groups excluding tert-OH is 1. The van der Waals surface area contributed by atoms with Gasteiger partial charge in [0.1, 0.15) is 0 Å². The Morgan fingerprint density at radius 1 is 1.33 bits per heavy atom. The van der Waals surface area contributed by atoms with E-state index in [1.165, 1.54) is 0 Å². The van der Waals surface area contributed by atoms with Gasteiger partial charge in [0.15, 0.2) is 0 Å². The van der Waals surface area contributed by atoms with Gasteiger partial charge in [-0.3, -0.25) is 11.3 Å². The van der Waals surface area contributed by atoms with Crippen molar-refractivity contribution < 1.29 is 5.11 Å². The van der Waals surface area contributed by atoms with Gasteiger partial charge in [-0.15, -0.1) is 0 Å². The van der Waals surface area contributed by atoms with E-state index < -0.39 is 0 Å². The van der Waals surface area contributed by atoms with Crippen molar-refractivity contribution in [2.24, 2.45) is 5.84 Å². The molecule has 0 bridgehead atoms. The lowest BCUT2D eigenvalue weighted by molar-refractivity contribution is 0.169. The number of nitrogens with two attached hydrogens (primary N) is 1. The summed E-state index contributed by atoms with van der Waals surface area (Å²) in [4.78, 5) is 0. The zero-order valence-electron chi connectivity index (χ0n) is 6.70. The van der Waals surface area contributed by atoms with E-state index in [9.17, 15) is 5.11 Å². The fourth-order valence-electron chi connectivity index (χ4n) is 1.77. The molecule has 1 aliphatic carbocycles. The highest BCUT2D eigenvalue weighted by Gasteiger charge is 2.27. The minimum atomic E-state index is -0.359. The second kappa shape index (κ2) is 2.86. The zero-order chi connectivity index (χ0) is 8.55. The van der Waals surface area contributed by atoms with Crippen LogP contribution in [0, 0.1) is 0 Å². The van der Waals surface area contributed by atoms with Gasteiger partial charge in [0.25, 0.3) is 0 Å². The van der Waals surface area contributed by atoms with Crippen molar-refractivity contribution in [1.29, 1.82) is 0 Å². The van der Waals surface area contributed by atoms with Gasteiger partial charge in [0, 0.05) is 6.04 Å². The van der Waals surface area contributed by atoms with Gasteiger partial charge in [-0.2, -0.15) is 0 Å². The number of hydrogen-bond donors (Lipinski definition) is 3. The van der Waals surface area contributed by atoms with E-state index in [1.54, 1.807) is 0 Å². The summed E-state index contributed by atoms with van der Waals surface area (Å²) in [5.74, 6) is 5.35. The molecule has 3 heteroatoms. The molecule has 0 spiro atoms. The van der Waals surface area contributed by atoms with Crippen LogP contribution in [-0.4, -0.2) is 5.11 Å². The standard InChI is InChI=1S/C9H12N2O/c10-11-8-5-9(12)7-4-2-1-3-6(7)8/h1-4,8-9,11-12H,5,10H2. The fraction of sp³-hybridized carbons (Fsp3) is 0.333. The van der Waals surface area contributed by atoms with Gasteiger partial charge in [0.05, 0.1) is 6.10 Å². The first-order valence-electron chi connectivity index (χ1n) is 4.06. The van der Waals surface area contributed by atoms with Crippen molar-refractivity contribution in [3.05, 3.63) is 35.4 Å². The lowest BCUT2D eigenvalue weighted by atomic mass is 10.1. The summed E-state index contributed by atoms with van der Waals surface area (Å²) in [7, 11) is 0. The quantitative estimate of drug-likeness (QED) is 0.421. The summed E-state index contributed by atoms with van der Waals surface area (Å²) in [6, 6.07) is 7.94. The molecule has 12 heavy (non-hydrogen) atoms. The number of rotatable bonds is 1. The Bertz CT molecular complexity index is 288. The molecule has 1 aliphatic rings. The lowest BCUT2D eigenvalue weighted by Gasteiger charge is -2.07. The maximum absolute atomic E-state index is 9.59. The summed E-state index contributed by atoms with van der Waals surface area (Å²) in [5.41, 5.74) is 4.81. The van der Waals surface area contributed by atoms with E-state index in [2.05, 4.69) is 5.43 Å². The van der Waals surface area contributed by atoms with Gasteiger partial charge in [-0.05, 0) is 17.5 Å². The first-order chi connectivity index (χ1) is 5.83. The Hall–Kier alpha value is -0.900. The molecule has 64 valence electrons. The third-order valence-electron chi connectivity index (χ3n) is 2.39. The molecule has 2 rings (SSSR count). The van der Waals surface area contributed by atoms with Crippen molar-refractivity contribution in [2.75, 3.05) is 0 Å². The molecule has 0 fully saturated rings. The SMILES string of the molecule is NNC1CC(O)c2ccccc21. The van der Waals surface area contributed by atoms with Crippen LogP contribution in [0.5, 0.6) is 0 Å². The number of hydrogen-bond acceptors (Lipinski definition) is 3. The largest absolute Gasteiger partial charge is 0.388 e. The van der Waals surface area contributed by atoms with Crippen LogP contribution >= 0.6 is 0 Å². The molecule has 0 saturated heterocycles. The maximum Gasteiger partial charge on any atom is 0.0812 e. The van der Waals surface area contributed by atoms with Gasteiger partial charge in [-0.25, -0.2) is 0 Å². The highest BCUT2D eigenvalue weighted by atomic mass is 16.3. The first-order valence-corrected chi connectivity index (χ1v) is 4.06. The maximum atomic E-state index is 9.59. The van der Waals surface area contributed by atoms with Gasteiger partial charge in [-0.1, -0.05) is 24.3 Å². The Balaban J connectivity index is 2.43. The second-order valence-electron chi connectivity index (χ2n) is 3.10. The van der Waals surface area contributed by atoms with E-state index >= 15 is 0 Å². The molecule has 1 aromatic carbocycles. The predicted octanol–water partition coefficient (Wildman–Crippen LogP) is 0.628.